The molecule has 0 aliphatic carbocycles. The van der Waals surface area contributed by atoms with Crippen molar-refractivity contribution >= 4 is 37.6 Å². The lowest BCUT2D eigenvalue weighted by atomic mass is 9.98. The average molecular weight is 633 g/mol. The molecule has 10 nitrogen and oxygen atoms in total. The van der Waals surface area contributed by atoms with Crippen LogP contribution in [0.15, 0.2) is 29.6 Å². The second-order valence-corrected chi connectivity index (χ2v) is 12.1. The van der Waals surface area contributed by atoms with Gasteiger partial charge in [-0.05, 0) is 38.3 Å². The third kappa shape index (κ3) is 5.21. The van der Waals surface area contributed by atoms with Crippen molar-refractivity contribution in [3.63, 3.8) is 0 Å². The number of hydrogen-bond donors (Lipinski definition) is 1. The molecule has 0 saturated heterocycles. The molecule has 0 fully saturated rings. The van der Waals surface area contributed by atoms with Gasteiger partial charge in [-0.3, -0.25) is 9.58 Å². The number of aromatic nitrogens is 3. The van der Waals surface area contributed by atoms with Crippen LogP contribution in [0.3, 0.4) is 0 Å². The minimum atomic E-state index is -6.16. The van der Waals surface area contributed by atoms with Crippen LogP contribution in [0, 0.1) is 11.6 Å². The fourth-order valence-electron chi connectivity index (χ4n) is 4.56. The van der Waals surface area contributed by atoms with Crippen LogP contribution in [0.25, 0.3) is 32.6 Å². The van der Waals surface area contributed by atoms with Crippen LogP contribution in [0.2, 0.25) is 0 Å². The second-order valence-electron chi connectivity index (χ2n) is 9.68. The van der Waals surface area contributed by atoms with Crippen molar-refractivity contribution in [1.82, 2.24) is 19.7 Å². The highest BCUT2D eigenvalue weighted by molar-refractivity contribution is 7.88. The van der Waals surface area contributed by atoms with E-state index in [9.17, 15) is 35.9 Å². The van der Waals surface area contributed by atoms with E-state index >= 15 is 4.39 Å². The Morgan fingerprint density at radius 3 is 2.55 bits per heavy atom. The summed E-state index contributed by atoms with van der Waals surface area (Å²) in [6.07, 6.45) is -1.74. The number of nitrogens with zero attached hydrogens (tertiary/aromatic N) is 4. The molecule has 1 aliphatic rings. The van der Waals surface area contributed by atoms with Crippen molar-refractivity contribution in [2.45, 2.75) is 51.5 Å². The van der Waals surface area contributed by atoms with Crippen LogP contribution in [-0.4, -0.2) is 56.9 Å². The van der Waals surface area contributed by atoms with Crippen molar-refractivity contribution in [3.05, 3.63) is 47.0 Å². The van der Waals surface area contributed by atoms with Crippen molar-refractivity contribution in [3.8, 4) is 34.1 Å². The van der Waals surface area contributed by atoms with E-state index in [2.05, 4.69) is 14.3 Å². The van der Waals surface area contributed by atoms with E-state index in [-0.39, 0.29) is 51.4 Å². The molecule has 1 aliphatic heterocycles. The molecule has 1 aromatic carbocycles. The smallest absolute Gasteiger partial charge is 0.490 e. The summed E-state index contributed by atoms with van der Waals surface area (Å²) in [6.45, 7) is 4.89. The number of amides is 1. The summed E-state index contributed by atoms with van der Waals surface area (Å²) in [5.74, 6) is -3.23. The Hall–Kier alpha value is -3.99. The maximum Gasteiger partial charge on any atom is 0.534 e. The third-order valence-electron chi connectivity index (χ3n) is 6.33. The summed E-state index contributed by atoms with van der Waals surface area (Å²) >= 11 is 0.913. The maximum atomic E-state index is 15.6. The van der Waals surface area contributed by atoms with Crippen LogP contribution < -0.4 is 8.92 Å². The minimum absolute atomic E-state index is 0.0526. The number of alkyl halides is 3. The van der Waals surface area contributed by atoms with Crippen LogP contribution in [0.5, 0.6) is 11.6 Å². The lowest BCUT2D eigenvalue weighted by Gasteiger charge is -2.31. The third-order valence-corrected chi connectivity index (χ3v) is 8.21. The molecule has 3 aromatic heterocycles. The van der Waals surface area contributed by atoms with E-state index < -0.39 is 51.4 Å². The molecule has 1 atom stereocenters. The number of benzene rings is 1. The lowest BCUT2D eigenvalue weighted by Crippen LogP contribution is -2.44. The first-order valence-electron chi connectivity index (χ1n) is 12.2. The van der Waals surface area contributed by atoms with Gasteiger partial charge in [-0.1, -0.05) is 0 Å². The molecule has 42 heavy (non-hydrogen) atoms. The van der Waals surface area contributed by atoms with Gasteiger partial charge in [-0.25, -0.2) is 18.6 Å². The predicted molar refractivity (Wildman–Crippen MR) is 141 cm³/mol. The van der Waals surface area contributed by atoms with Gasteiger partial charge in [-0.15, -0.1) is 11.3 Å². The number of hydrogen-bond acceptors (Lipinski definition) is 8. The summed E-state index contributed by atoms with van der Waals surface area (Å²) in [5.41, 5.74) is -6.11. The van der Waals surface area contributed by atoms with Gasteiger partial charge >= 0.3 is 21.7 Å². The van der Waals surface area contributed by atoms with Crippen LogP contribution in [0.1, 0.15) is 26.5 Å². The van der Waals surface area contributed by atoms with Crippen molar-refractivity contribution in [1.29, 1.82) is 0 Å². The van der Waals surface area contributed by atoms with Crippen LogP contribution in [0.4, 0.5) is 26.7 Å². The molecule has 0 unspecified atom stereocenters. The number of rotatable bonds is 6. The topological polar surface area (TPSA) is 124 Å². The van der Waals surface area contributed by atoms with Crippen LogP contribution >= 0.6 is 11.3 Å². The fraction of sp³-hybridized carbons (Fsp3) is 0.320. The quantitative estimate of drug-likeness (QED) is 0.156. The van der Waals surface area contributed by atoms with Gasteiger partial charge in [0, 0.05) is 17.7 Å². The van der Waals surface area contributed by atoms with Gasteiger partial charge in [0.2, 0.25) is 5.88 Å². The first kappa shape index (κ1) is 29.5. The molecule has 17 heteroatoms. The second kappa shape index (κ2) is 10.4. The van der Waals surface area contributed by atoms with Gasteiger partial charge in [0.15, 0.2) is 0 Å². The first-order valence-corrected chi connectivity index (χ1v) is 14.5. The largest absolute Gasteiger partial charge is 0.534 e. The Kier molecular flexibility index (Phi) is 7.29. The van der Waals surface area contributed by atoms with Crippen molar-refractivity contribution in [2.75, 3.05) is 0 Å². The van der Waals surface area contributed by atoms with Crippen molar-refractivity contribution < 1.29 is 49.2 Å². The zero-order valence-corrected chi connectivity index (χ0v) is 23.6. The summed E-state index contributed by atoms with van der Waals surface area (Å²) in [6, 6.07) is 3.68. The van der Waals surface area contributed by atoms with E-state index in [4.69, 9.17) is 4.74 Å². The Labute approximate surface area is 239 Å². The summed E-state index contributed by atoms with van der Waals surface area (Å²) < 4.78 is 105. The maximum absolute atomic E-state index is 15.6. The zero-order valence-electron chi connectivity index (χ0n) is 21.9. The number of halogens is 5. The molecule has 5 rings (SSSR count). The number of pyridine rings is 1. The van der Waals surface area contributed by atoms with Crippen molar-refractivity contribution in [2.24, 2.45) is 0 Å². The highest BCUT2D eigenvalue weighted by Crippen LogP contribution is 2.47. The molecule has 224 valence electrons. The van der Waals surface area contributed by atoms with E-state index in [1.54, 1.807) is 20.8 Å². The van der Waals surface area contributed by atoms with Gasteiger partial charge < -0.3 is 14.0 Å². The van der Waals surface area contributed by atoms with Crippen LogP contribution in [-0.2, 0) is 23.2 Å². The molecule has 0 spiro atoms. The van der Waals surface area contributed by atoms with E-state index in [1.807, 2.05) is 0 Å². The molecule has 0 saturated carbocycles. The molecule has 1 N–H and O–H groups in total. The number of thiophene rings is 1. The molecule has 4 aromatic rings. The summed E-state index contributed by atoms with van der Waals surface area (Å²) in [5, 5.41) is 15.2. The number of fused-ring (bicyclic) bond motifs is 2. The van der Waals surface area contributed by atoms with E-state index in [0.717, 1.165) is 22.3 Å². The highest BCUT2D eigenvalue weighted by Gasteiger charge is 2.49. The first-order chi connectivity index (χ1) is 19.6. The zero-order chi connectivity index (χ0) is 30.7. The molecule has 0 radical (unpaired) electrons. The fourth-order valence-corrected chi connectivity index (χ4v) is 5.93. The molecular formula is C25H21F5N4O6S2. The normalized spacial score (nSPS) is 15.7. The Balaban J connectivity index is 1.82. The number of carboxylic acid groups (broad SMARTS) is 1. The van der Waals surface area contributed by atoms with Gasteiger partial charge in [0.25, 0.3) is 0 Å². The lowest BCUT2D eigenvalue weighted by molar-refractivity contribution is -0.0500. The molecule has 1 amide bonds. The standard InChI is InChI=1S/C25H21F5N4O6S2/c1-11(2)39-18-7-13(26)6-16(27)19(18)20-21(17-8-14-10-33(24(35)36)12(3)9-34(14)32-17)31-23(15-4-5-41-22(15)20)40-42(37,38)25(28,29)30/h4-8,11-12H,9-10H2,1-3H3,(H,35,36)/t12-/m1/s1. The van der Waals surface area contributed by atoms with Gasteiger partial charge in [0.1, 0.15) is 28.8 Å². The summed E-state index contributed by atoms with van der Waals surface area (Å²) in [7, 11) is -6.16. The average Bonchev–Trinajstić information content (AvgIpc) is 3.50. The Bertz CT molecular complexity index is 1820. The van der Waals surface area contributed by atoms with Gasteiger partial charge in [-0.2, -0.15) is 26.7 Å². The summed E-state index contributed by atoms with van der Waals surface area (Å²) in [4.78, 5) is 16.9. The molecule has 0 bridgehead atoms. The Morgan fingerprint density at radius 2 is 1.90 bits per heavy atom. The predicted octanol–water partition coefficient (Wildman–Crippen LogP) is 6.00. The molecular weight excluding hydrogens is 611 g/mol. The number of ether oxygens (including phenoxy) is 1. The van der Waals surface area contributed by atoms with Gasteiger partial charge in [0.05, 0.1) is 46.6 Å². The molecule has 4 heterocycles. The Morgan fingerprint density at radius 1 is 1.19 bits per heavy atom. The number of carbonyl (C=O) groups is 1. The highest BCUT2D eigenvalue weighted by atomic mass is 32.2. The monoisotopic (exact) mass is 632 g/mol. The SMILES string of the molecule is CC(C)Oc1cc(F)cc(F)c1-c1c(-c2cc3n(n2)C[C@@H](C)N(C(=O)O)C3)nc(OS(=O)(=O)C(F)(F)F)c2ccsc12. The van der Waals surface area contributed by atoms with E-state index in [0.29, 0.717) is 11.8 Å². The minimum Gasteiger partial charge on any atom is -0.490 e. The van der Waals surface area contributed by atoms with E-state index in [1.165, 1.54) is 22.2 Å².